The van der Waals surface area contributed by atoms with E-state index in [1.165, 1.54) is 0 Å². The monoisotopic (exact) mass is 356 g/mol. The number of para-hydroxylation sites is 1. The molecule has 3 heterocycles. The SMILES string of the molecule is CC(C(=O)N(CC1CCCO1)c1nc2ccccc2s1)n1cccn1. The first-order valence-electron chi connectivity index (χ1n) is 8.50. The third kappa shape index (κ3) is 3.29. The number of carbonyl (C=O) groups excluding carboxylic acids is 1. The number of amides is 1. The number of aromatic nitrogens is 3. The summed E-state index contributed by atoms with van der Waals surface area (Å²) in [6.07, 6.45) is 5.59. The first-order chi connectivity index (χ1) is 12.2. The number of ether oxygens (including phenoxy) is 1. The maximum atomic E-state index is 13.2. The molecule has 25 heavy (non-hydrogen) atoms. The fourth-order valence-corrected chi connectivity index (χ4v) is 4.06. The van der Waals surface area contributed by atoms with Gasteiger partial charge in [-0.3, -0.25) is 14.4 Å². The molecule has 0 saturated carbocycles. The summed E-state index contributed by atoms with van der Waals surface area (Å²) in [4.78, 5) is 19.6. The van der Waals surface area contributed by atoms with E-state index < -0.39 is 0 Å². The fraction of sp³-hybridized carbons (Fsp3) is 0.389. The lowest BCUT2D eigenvalue weighted by atomic mass is 10.2. The maximum Gasteiger partial charge on any atom is 0.253 e. The van der Waals surface area contributed by atoms with E-state index in [0.29, 0.717) is 6.54 Å². The fourth-order valence-electron chi connectivity index (χ4n) is 3.08. The van der Waals surface area contributed by atoms with Crippen LogP contribution in [0.1, 0.15) is 25.8 Å². The van der Waals surface area contributed by atoms with Gasteiger partial charge in [-0.2, -0.15) is 5.10 Å². The second-order valence-electron chi connectivity index (χ2n) is 6.21. The molecule has 1 saturated heterocycles. The Balaban J connectivity index is 1.66. The van der Waals surface area contributed by atoms with Crippen LogP contribution in [0, 0.1) is 0 Å². The molecule has 0 spiro atoms. The molecular weight excluding hydrogens is 336 g/mol. The molecule has 0 radical (unpaired) electrons. The van der Waals surface area contributed by atoms with Gasteiger partial charge in [-0.05, 0) is 38.0 Å². The van der Waals surface area contributed by atoms with Gasteiger partial charge < -0.3 is 4.74 Å². The van der Waals surface area contributed by atoms with Crippen molar-refractivity contribution in [2.45, 2.75) is 31.9 Å². The lowest BCUT2D eigenvalue weighted by molar-refractivity contribution is -0.121. The summed E-state index contributed by atoms with van der Waals surface area (Å²) in [6, 6.07) is 9.39. The van der Waals surface area contributed by atoms with Gasteiger partial charge in [0.2, 0.25) is 0 Å². The minimum atomic E-state index is -0.386. The molecule has 0 aliphatic carbocycles. The normalized spacial score (nSPS) is 18.5. The number of fused-ring (bicyclic) bond motifs is 1. The molecule has 1 aliphatic heterocycles. The van der Waals surface area contributed by atoms with E-state index in [2.05, 4.69) is 10.1 Å². The minimum absolute atomic E-state index is 0.0155. The van der Waals surface area contributed by atoms with E-state index in [9.17, 15) is 4.79 Å². The minimum Gasteiger partial charge on any atom is -0.376 e. The second kappa shape index (κ2) is 6.93. The van der Waals surface area contributed by atoms with Gasteiger partial charge >= 0.3 is 0 Å². The Morgan fingerprint density at radius 1 is 1.44 bits per heavy atom. The smallest absolute Gasteiger partial charge is 0.253 e. The highest BCUT2D eigenvalue weighted by atomic mass is 32.1. The molecule has 0 N–H and O–H groups in total. The molecule has 1 fully saturated rings. The number of carbonyl (C=O) groups is 1. The van der Waals surface area contributed by atoms with Crippen LogP contribution in [0.2, 0.25) is 0 Å². The van der Waals surface area contributed by atoms with Gasteiger partial charge in [0.1, 0.15) is 6.04 Å². The van der Waals surface area contributed by atoms with Gasteiger partial charge in [0.15, 0.2) is 5.13 Å². The van der Waals surface area contributed by atoms with Crippen molar-refractivity contribution in [1.82, 2.24) is 14.8 Å². The molecule has 1 aliphatic rings. The largest absolute Gasteiger partial charge is 0.376 e. The molecule has 3 aromatic rings. The highest BCUT2D eigenvalue weighted by molar-refractivity contribution is 7.22. The summed E-state index contributed by atoms with van der Waals surface area (Å²) < 4.78 is 8.52. The summed E-state index contributed by atoms with van der Waals surface area (Å²) in [5.74, 6) is -0.0155. The van der Waals surface area contributed by atoms with Crippen LogP contribution >= 0.6 is 11.3 Å². The molecule has 6 nitrogen and oxygen atoms in total. The van der Waals surface area contributed by atoms with Crippen molar-refractivity contribution in [1.29, 1.82) is 0 Å². The van der Waals surface area contributed by atoms with Crippen LogP contribution in [0.4, 0.5) is 5.13 Å². The Morgan fingerprint density at radius 2 is 2.32 bits per heavy atom. The van der Waals surface area contributed by atoms with Crippen molar-refractivity contribution in [2.75, 3.05) is 18.1 Å². The molecule has 1 amide bonds. The summed E-state index contributed by atoms with van der Waals surface area (Å²) in [6.45, 7) is 3.16. The summed E-state index contributed by atoms with van der Waals surface area (Å²) in [5, 5.41) is 4.93. The van der Waals surface area contributed by atoms with E-state index in [0.717, 1.165) is 34.8 Å². The van der Waals surface area contributed by atoms with E-state index in [1.807, 2.05) is 43.5 Å². The first kappa shape index (κ1) is 16.2. The van der Waals surface area contributed by atoms with Crippen molar-refractivity contribution in [3.8, 4) is 0 Å². The Hall–Kier alpha value is -2.25. The maximum absolute atomic E-state index is 13.2. The van der Waals surface area contributed by atoms with Crippen LogP contribution < -0.4 is 4.90 Å². The van der Waals surface area contributed by atoms with Crippen molar-refractivity contribution < 1.29 is 9.53 Å². The highest BCUT2D eigenvalue weighted by Crippen LogP contribution is 2.31. The Kier molecular flexibility index (Phi) is 4.50. The molecule has 4 rings (SSSR count). The van der Waals surface area contributed by atoms with Gasteiger partial charge in [0.25, 0.3) is 5.91 Å². The van der Waals surface area contributed by atoms with Gasteiger partial charge in [0.05, 0.1) is 22.9 Å². The first-order valence-corrected chi connectivity index (χ1v) is 9.32. The zero-order valence-electron chi connectivity index (χ0n) is 14.0. The molecule has 0 bridgehead atoms. The summed E-state index contributed by atoms with van der Waals surface area (Å²) in [5.41, 5.74) is 0.916. The summed E-state index contributed by atoms with van der Waals surface area (Å²) in [7, 11) is 0. The van der Waals surface area contributed by atoms with Crippen molar-refractivity contribution in [3.63, 3.8) is 0 Å². The lowest BCUT2D eigenvalue weighted by Crippen LogP contribution is -2.41. The number of benzene rings is 1. The van der Waals surface area contributed by atoms with Crippen molar-refractivity contribution >= 4 is 32.6 Å². The van der Waals surface area contributed by atoms with E-state index in [1.54, 1.807) is 27.1 Å². The van der Waals surface area contributed by atoms with Crippen LogP contribution in [0.25, 0.3) is 10.2 Å². The average Bonchev–Trinajstić information content (AvgIpc) is 3.39. The third-order valence-electron chi connectivity index (χ3n) is 4.47. The molecule has 2 atom stereocenters. The molecular formula is C18H20N4O2S. The second-order valence-corrected chi connectivity index (χ2v) is 7.22. The molecule has 2 unspecified atom stereocenters. The number of hydrogen-bond acceptors (Lipinski definition) is 5. The third-order valence-corrected chi connectivity index (χ3v) is 5.53. The van der Waals surface area contributed by atoms with E-state index in [4.69, 9.17) is 4.74 Å². The van der Waals surface area contributed by atoms with Gasteiger partial charge in [-0.1, -0.05) is 23.5 Å². The Bertz CT molecular complexity index is 822. The zero-order chi connectivity index (χ0) is 17.2. The van der Waals surface area contributed by atoms with Crippen LogP contribution in [0.3, 0.4) is 0 Å². The van der Waals surface area contributed by atoms with Crippen LogP contribution in [0.15, 0.2) is 42.7 Å². The topological polar surface area (TPSA) is 60.3 Å². The molecule has 2 aromatic heterocycles. The predicted octanol–water partition coefficient (Wildman–Crippen LogP) is 3.27. The van der Waals surface area contributed by atoms with Gasteiger partial charge in [-0.15, -0.1) is 0 Å². The van der Waals surface area contributed by atoms with Crippen LogP contribution in [0.5, 0.6) is 0 Å². The molecule has 7 heteroatoms. The molecule has 130 valence electrons. The Labute approximate surface area is 150 Å². The number of rotatable bonds is 5. The van der Waals surface area contributed by atoms with Crippen molar-refractivity contribution in [3.05, 3.63) is 42.7 Å². The Morgan fingerprint density at radius 3 is 3.04 bits per heavy atom. The van der Waals surface area contributed by atoms with Crippen molar-refractivity contribution in [2.24, 2.45) is 0 Å². The predicted molar refractivity (Wildman–Crippen MR) is 97.9 cm³/mol. The standard InChI is InChI=1S/C18H20N4O2S/c1-13(22-10-5-9-19-22)17(23)21(12-14-6-4-11-24-14)18-20-15-7-2-3-8-16(15)25-18/h2-3,5,7-10,13-14H,4,6,11-12H2,1H3. The molecule has 1 aromatic carbocycles. The van der Waals surface area contributed by atoms with E-state index in [-0.39, 0.29) is 18.1 Å². The van der Waals surface area contributed by atoms with Gasteiger partial charge in [-0.25, -0.2) is 4.98 Å². The number of nitrogens with zero attached hydrogens (tertiary/aromatic N) is 4. The van der Waals surface area contributed by atoms with E-state index >= 15 is 0 Å². The zero-order valence-corrected chi connectivity index (χ0v) is 14.9. The summed E-state index contributed by atoms with van der Waals surface area (Å²) >= 11 is 1.54. The van der Waals surface area contributed by atoms with Crippen LogP contribution in [-0.2, 0) is 9.53 Å². The number of anilines is 1. The number of hydrogen-bond donors (Lipinski definition) is 0. The van der Waals surface area contributed by atoms with Gasteiger partial charge in [0, 0.05) is 19.0 Å². The lowest BCUT2D eigenvalue weighted by Gasteiger charge is -2.26. The number of thiazole rings is 1. The highest BCUT2D eigenvalue weighted by Gasteiger charge is 2.29. The average molecular weight is 356 g/mol. The quantitative estimate of drug-likeness (QED) is 0.704. The van der Waals surface area contributed by atoms with Crippen LogP contribution in [-0.4, -0.2) is 39.9 Å².